The highest BCUT2D eigenvalue weighted by atomic mass is 14.8. The van der Waals surface area contributed by atoms with Crippen LogP contribution in [0.4, 0.5) is 0 Å². The van der Waals surface area contributed by atoms with Gasteiger partial charge in [-0.3, -0.25) is 0 Å². The number of hydrogen-bond donors (Lipinski definition) is 1. The first-order chi connectivity index (χ1) is 10.2. The van der Waals surface area contributed by atoms with Crippen molar-refractivity contribution in [3.05, 3.63) is 70.8 Å². The molecule has 0 fully saturated rings. The maximum atomic E-state index is 3.60. The first-order valence-corrected chi connectivity index (χ1v) is 8.02. The van der Waals surface area contributed by atoms with Gasteiger partial charge in [0.2, 0.25) is 0 Å². The van der Waals surface area contributed by atoms with Crippen molar-refractivity contribution in [3.63, 3.8) is 0 Å². The van der Waals surface area contributed by atoms with E-state index in [1.165, 1.54) is 28.7 Å². The average molecular weight is 281 g/mol. The molecule has 112 valence electrons. The molecular weight excluding hydrogens is 254 g/mol. The Labute approximate surface area is 129 Å². The number of nitrogens with one attached hydrogen (secondary N) is 1. The Morgan fingerprint density at radius 1 is 1.00 bits per heavy atom. The summed E-state index contributed by atoms with van der Waals surface area (Å²) in [5, 5.41) is 3.60. The van der Waals surface area contributed by atoms with Crippen molar-refractivity contribution in [3.8, 4) is 0 Å². The van der Waals surface area contributed by atoms with E-state index in [0.717, 1.165) is 19.5 Å². The molecule has 1 atom stereocenters. The van der Waals surface area contributed by atoms with Crippen LogP contribution >= 0.6 is 0 Å². The van der Waals surface area contributed by atoms with Crippen LogP contribution in [0.15, 0.2) is 48.5 Å². The number of rotatable bonds is 7. The molecule has 1 nitrogen and oxygen atoms in total. The van der Waals surface area contributed by atoms with Crippen molar-refractivity contribution >= 4 is 0 Å². The molecule has 1 unspecified atom stereocenters. The van der Waals surface area contributed by atoms with Gasteiger partial charge in [-0.25, -0.2) is 0 Å². The van der Waals surface area contributed by atoms with Gasteiger partial charge in [0.15, 0.2) is 0 Å². The fourth-order valence-electron chi connectivity index (χ4n) is 2.91. The summed E-state index contributed by atoms with van der Waals surface area (Å²) in [6.07, 6.45) is 2.29. The van der Waals surface area contributed by atoms with E-state index in [1.807, 2.05) is 0 Å². The molecule has 2 rings (SSSR count). The monoisotopic (exact) mass is 281 g/mol. The molecule has 21 heavy (non-hydrogen) atoms. The van der Waals surface area contributed by atoms with Gasteiger partial charge < -0.3 is 5.32 Å². The lowest BCUT2D eigenvalue weighted by Crippen LogP contribution is -2.24. The predicted molar refractivity (Wildman–Crippen MR) is 92.0 cm³/mol. The van der Waals surface area contributed by atoms with Gasteiger partial charge in [0.05, 0.1) is 0 Å². The summed E-state index contributed by atoms with van der Waals surface area (Å²) in [6.45, 7) is 8.75. The summed E-state index contributed by atoms with van der Waals surface area (Å²) >= 11 is 0. The Balaban J connectivity index is 2.17. The second-order valence-electron chi connectivity index (χ2n) is 5.95. The summed E-state index contributed by atoms with van der Waals surface area (Å²) in [5.74, 6) is 0.541. The molecular formula is C20H27N. The van der Waals surface area contributed by atoms with Gasteiger partial charge in [-0.2, -0.15) is 0 Å². The third kappa shape index (κ3) is 4.71. The summed E-state index contributed by atoms with van der Waals surface area (Å²) in [6, 6.07) is 17.7. The van der Waals surface area contributed by atoms with Crippen molar-refractivity contribution in [2.24, 2.45) is 0 Å². The first-order valence-electron chi connectivity index (χ1n) is 8.02. The minimum Gasteiger partial charge on any atom is -0.316 e. The van der Waals surface area contributed by atoms with Crippen molar-refractivity contribution in [2.45, 2.75) is 39.5 Å². The van der Waals surface area contributed by atoms with E-state index in [9.17, 15) is 0 Å². The largest absolute Gasteiger partial charge is 0.316 e. The molecule has 0 saturated carbocycles. The van der Waals surface area contributed by atoms with E-state index in [2.05, 4.69) is 74.6 Å². The van der Waals surface area contributed by atoms with Crippen molar-refractivity contribution in [2.75, 3.05) is 13.1 Å². The Morgan fingerprint density at radius 2 is 1.81 bits per heavy atom. The van der Waals surface area contributed by atoms with Crippen LogP contribution in [-0.2, 0) is 6.42 Å². The first kappa shape index (κ1) is 15.8. The molecule has 0 aliphatic rings. The molecule has 0 spiro atoms. The van der Waals surface area contributed by atoms with Crippen LogP contribution in [0.1, 0.15) is 41.5 Å². The fraction of sp³-hybridized carbons (Fsp3) is 0.400. The van der Waals surface area contributed by atoms with E-state index in [-0.39, 0.29) is 0 Å². The lowest BCUT2D eigenvalue weighted by atomic mass is 9.88. The zero-order chi connectivity index (χ0) is 15.1. The second kappa shape index (κ2) is 7.99. The molecule has 0 aliphatic carbocycles. The van der Waals surface area contributed by atoms with E-state index >= 15 is 0 Å². The van der Waals surface area contributed by atoms with Gasteiger partial charge in [0, 0.05) is 12.5 Å². The summed E-state index contributed by atoms with van der Waals surface area (Å²) < 4.78 is 0. The average Bonchev–Trinajstić information content (AvgIpc) is 2.47. The maximum Gasteiger partial charge on any atom is 0.00234 e. The summed E-state index contributed by atoms with van der Waals surface area (Å²) in [7, 11) is 0. The minimum absolute atomic E-state index is 0.541. The molecule has 0 radical (unpaired) electrons. The molecule has 1 N–H and O–H groups in total. The zero-order valence-electron chi connectivity index (χ0n) is 13.5. The summed E-state index contributed by atoms with van der Waals surface area (Å²) in [4.78, 5) is 0. The maximum absolute atomic E-state index is 3.60. The molecule has 0 amide bonds. The Hall–Kier alpha value is -1.60. The van der Waals surface area contributed by atoms with Crippen LogP contribution in [-0.4, -0.2) is 13.1 Å². The molecule has 0 aromatic heterocycles. The standard InChI is InChI=1S/C20H27N/c1-4-12-21-15-19(20-11-6-5-9-17(20)3)14-18-10-7-8-16(2)13-18/h5-11,13,19,21H,4,12,14-15H2,1-3H3. The van der Waals surface area contributed by atoms with Crippen LogP contribution in [0, 0.1) is 13.8 Å². The van der Waals surface area contributed by atoms with Crippen molar-refractivity contribution in [1.29, 1.82) is 0 Å². The van der Waals surface area contributed by atoms with Gasteiger partial charge in [0.1, 0.15) is 0 Å². The second-order valence-corrected chi connectivity index (χ2v) is 5.95. The summed E-state index contributed by atoms with van der Waals surface area (Å²) in [5.41, 5.74) is 5.65. The molecule has 2 aromatic rings. The molecule has 2 aromatic carbocycles. The zero-order valence-corrected chi connectivity index (χ0v) is 13.5. The van der Waals surface area contributed by atoms with Gasteiger partial charge >= 0.3 is 0 Å². The van der Waals surface area contributed by atoms with Gasteiger partial charge in [0.25, 0.3) is 0 Å². The smallest absolute Gasteiger partial charge is 0.00234 e. The van der Waals surface area contributed by atoms with Crippen LogP contribution in [0.2, 0.25) is 0 Å². The highest BCUT2D eigenvalue weighted by Gasteiger charge is 2.14. The third-order valence-corrected chi connectivity index (χ3v) is 4.01. The topological polar surface area (TPSA) is 12.0 Å². The van der Waals surface area contributed by atoms with E-state index in [4.69, 9.17) is 0 Å². The third-order valence-electron chi connectivity index (χ3n) is 4.01. The van der Waals surface area contributed by atoms with Crippen LogP contribution in [0.5, 0.6) is 0 Å². The van der Waals surface area contributed by atoms with Crippen molar-refractivity contribution < 1.29 is 0 Å². The van der Waals surface area contributed by atoms with E-state index in [1.54, 1.807) is 0 Å². The van der Waals surface area contributed by atoms with Gasteiger partial charge in [-0.15, -0.1) is 0 Å². The van der Waals surface area contributed by atoms with Crippen LogP contribution in [0.3, 0.4) is 0 Å². The lowest BCUT2D eigenvalue weighted by Gasteiger charge is -2.20. The fourth-order valence-corrected chi connectivity index (χ4v) is 2.91. The minimum atomic E-state index is 0.541. The van der Waals surface area contributed by atoms with E-state index in [0.29, 0.717) is 5.92 Å². The SMILES string of the molecule is CCCNCC(Cc1cccc(C)c1)c1ccccc1C. The van der Waals surface area contributed by atoms with Gasteiger partial charge in [-0.1, -0.05) is 61.0 Å². The van der Waals surface area contributed by atoms with Crippen LogP contribution in [0.25, 0.3) is 0 Å². The Bertz CT molecular complexity index is 559. The lowest BCUT2D eigenvalue weighted by molar-refractivity contribution is 0.574. The van der Waals surface area contributed by atoms with Crippen LogP contribution < -0.4 is 5.32 Å². The Kier molecular flexibility index (Phi) is 6.01. The number of aryl methyl sites for hydroxylation is 2. The highest BCUT2D eigenvalue weighted by Crippen LogP contribution is 2.24. The molecule has 1 heteroatoms. The molecule has 0 bridgehead atoms. The molecule has 0 aliphatic heterocycles. The van der Waals surface area contributed by atoms with E-state index < -0.39 is 0 Å². The quantitative estimate of drug-likeness (QED) is 0.730. The molecule has 0 saturated heterocycles. The normalized spacial score (nSPS) is 12.3. The molecule has 0 heterocycles. The Morgan fingerprint density at radius 3 is 2.52 bits per heavy atom. The number of hydrogen-bond acceptors (Lipinski definition) is 1. The van der Waals surface area contributed by atoms with Gasteiger partial charge in [-0.05, 0) is 49.9 Å². The highest BCUT2D eigenvalue weighted by molar-refractivity contribution is 5.32. The van der Waals surface area contributed by atoms with Crippen molar-refractivity contribution in [1.82, 2.24) is 5.32 Å². The predicted octanol–water partition coefficient (Wildman–Crippen LogP) is 4.63. The number of benzene rings is 2.